The molecule has 0 aliphatic carbocycles. The first-order valence-electron chi connectivity index (χ1n) is 13.9. The van der Waals surface area contributed by atoms with Crippen LogP contribution in [0.5, 0.6) is 11.5 Å². The van der Waals surface area contributed by atoms with E-state index in [9.17, 15) is 4.79 Å². The Kier molecular flexibility index (Phi) is 9.23. The molecule has 1 unspecified atom stereocenters. The lowest BCUT2D eigenvalue weighted by atomic mass is 9.94. The molecule has 10 heteroatoms. The highest BCUT2D eigenvalue weighted by atomic mass is 79.9. The van der Waals surface area contributed by atoms with Crippen molar-refractivity contribution in [2.24, 2.45) is 0 Å². The molecule has 1 amide bonds. The third kappa shape index (κ3) is 6.34. The lowest BCUT2D eigenvalue weighted by molar-refractivity contribution is -0.113. The fraction of sp³-hybridized carbons (Fsp3) is 0.281. The van der Waals surface area contributed by atoms with Crippen molar-refractivity contribution < 1.29 is 14.3 Å². The molecule has 0 radical (unpaired) electrons. The van der Waals surface area contributed by atoms with Crippen LogP contribution in [0.25, 0.3) is 0 Å². The van der Waals surface area contributed by atoms with Crippen molar-refractivity contribution in [3.63, 3.8) is 0 Å². The van der Waals surface area contributed by atoms with Gasteiger partial charge in [0.1, 0.15) is 12.6 Å². The fourth-order valence-corrected chi connectivity index (χ4v) is 5.64. The number of carbonyl (C=O) groups is 1. The molecule has 8 nitrogen and oxygen atoms in total. The van der Waals surface area contributed by atoms with E-state index in [-0.39, 0.29) is 5.91 Å². The number of amides is 1. The summed E-state index contributed by atoms with van der Waals surface area (Å²) in [6.45, 7) is 10.8. The van der Waals surface area contributed by atoms with Gasteiger partial charge in [0.2, 0.25) is 11.1 Å². The minimum absolute atomic E-state index is 0.210. The molecule has 0 fully saturated rings. The molecular formula is C32H34BrN5O3S. The van der Waals surface area contributed by atoms with Gasteiger partial charge in [-0.25, -0.2) is 4.68 Å². The third-order valence-electron chi connectivity index (χ3n) is 7.09. The van der Waals surface area contributed by atoms with Gasteiger partial charge >= 0.3 is 0 Å². The number of carbonyl (C=O) groups excluding carboxylic acids is 1. The van der Waals surface area contributed by atoms with Gasteiger partial charge in [0.05, 0.1) is 12.2 Å². The van der Waals surface area contributed by atoms with Gasteiger partial charge in [0.15, 0.2) is 11.5 Å². The number of aryl methyl sites for hydroxylation is 1. The van der Waals surface area contributed by atoms with Gasteiger partial charge in [-0.05, 0) is 86.0 Å². The monoisotopic (exact) mass is 647 g/mol. The Morgan fingerprint density at radius 1 is 1.05 bits per heavy atom. The lowest BCUT2D eigenvalue weighted by Crippen LogP contribution is -2.31. The zero-order chi connectivity index (χ0) is 29.8. The summed E-state index contributed by atoms with van der Waals surface area (Å²) in [7, 11) is 0. The summed E-state index contributed by atoms with van der Waals surface area (Å²) in [6, 6.07) is 19.2. The summed E-state index contributed by atoms with van der Waals surface area (Å²) in [5, 5.41) is 11.9. The van der Waals surface area contributed by atoms with Gasteiger partial charge in [-0.3, -0.25) is 4.79 Å². The first-order chi connectivity index (χ1) is 20.3. The largest absolute Gasteiger partial charge is 0.490 e. The summed E-state index contributed by atoms with van der Waals surface area (Å²) >= 11 is 5.03. The standard InChI is InChI=1S/C32H34BrN5O3S/c1-6-40-27-17-23(13-16-26(27)41-18-22-11-14-24(33)15-12-22)29-28(30(39)35-25-10-8-9-19(3)20(25)4)21(5)34-31-36-32(42-7-2)37-38(29)31/h8-17,29H,6-7,18H2,1-5H3,(H,35,39)(H,34,36,37). The Labute approximate surface area is 259 Å². The molecular weight excluding hydrogens is 614 g/mol. The first-order valence-corrected chi connectivity index (χ1v) is 15.7. The van der Waals surface area contributed by atoms with Gasteiger partial charge in [-0.15, -0.1) is 5.10 Å². The average molecular weight is 649 g/mol. The van der Waals surface area contributed by atoms with Gasteiger partial charge in [0.25, 0.3) is 5.91 Å². The highest BCUT2D eigenvalue weighted by Crippen LogP contribution is 2.40. The second-order valence-electron chi connectivity index (χ2n) is 9.92. The molecule has 1 aliphatic heterocycles. The van der Waals surface area contributed by atoms with Crippen LogP contribution in [0.4, 0.5) is 11.6 Å². The van der Waals surface area contributed by atoms with Crippen LogP contribution in [0.1, 0.15) is 49.1 Å². The Bertz CT molecular complexity index is 1630. The number of hydrogen-bond acceptors (Lipinski definition) is 7. The number of halogens is 1. The highest BCUT2D eigenvalue weighted by molar-refractivity contribution is 9.10. The van der Waals surface area contributed by atoms with Crippen LogP contribution in [-0.2, 0) is 11.4 Å². The van der Waals surface area contributed by atoms with E-state index in [0.717, 1.165) is 38.2 Å². The van der Waals surface area contributed by atoms with Gasteiger partial charge in [0, 0.05) is 15.9 Å². The Balaban J connectivity index is 1.53. The number of aromatic nitrogens is 3. The number of hydrogen-bond donors (Lipinski definition) is 2. The summed E-state index contributed by atoms with van der Waals surface area (Å²) in [5.41, 5.74) is 6.05. The molecule has 2 heterocycles. The maximum absolute atomic E-state index is 14.0. The quantitative estimate of drug-likeness (QED) is 0.171. The van der Waals surface area contributed by atoms with Gasteiger partial charge < -0.3 is 20.1 Å². The molecule has 218 valence electrons. The van der Waals surface area contributed by atoms with E-state index in [0.29, 0.717) is 47.1 Å². The van der Waals surface area contributed by atoms with E-state index in [2.05, 4.69) is 33.5 Å². The van der Waals surface area contributed by atoms with E-state index < -0.39 is 6.04 Å². The fourth-order valence-electron chi connectivity index (χ4n) is 4.82. The molecule has 2 N–H and O–H groups in total. The van der Waals surface area contributed by atoms with Crippen LogP contribution in [0.2, 0.25) is 0 Å². The second-order valence-corrected chi connectivity index (χ2v) is 12.1. The van der Waals surface area contributed by atoms with E-state index >= 15 is 0 Å². The number of rotatable bonds is 10. The smallest absolute Gasteiger partial charge is 0.255 e. The number of fused-ring (bicyclic) bond motifs is 1. The summed E-state index contributed by atoms with van der Waals surface area (Å²) in [6.07, 6.45) is 0. The minimum atomic E-state index is -0.537. The average Bonchev–Trinajstić information content (AvgIpc) is 3.37. The van der Waals surface area contributed by atoms with Crippen LogP contribution >= 0.6 is 27.7 Å². The molecule has 4 aromatic rings. The number of thioether (sulfide) groups is 1. The van der Waals surface area contributed by atoms with Crippen LogP contribution in [0.3, 0.4) is 0 Å². The van der Waals surface area contributed by atoms with Crippen molar-refractivity contribution in [2.45, 2.75) is 52.4 Å². The van der Waals surface area contributed by atoms with E-state index in [1.54, 1.807) is 16.4 Å². The third-order valence-corrected chi connectivity index (χ3v) is 8.34. The van der Waals surface area contributed by atoms with Crippen molar-refractivity contribution in [1.82, 2.24) is 14.8 Å². The van der Waals surface area contributed by atoms with Crippen molar-refractivity contribution in [2.75, 3.05) is 23.0 Å². The normalized spacial score (nSPS) is 14.3. The predicted octanol–water partition coefficient (Wildman–Crippen LogP) is 7.67. The Morgan fingerprint density at radius 3 is 2.57 bits per heavy atom. The van der Waals surface area contributed by atoms with Crippen LogP contribution in [-0.4, -0.2) is 33.0 Å². The van der Waals surface area contributed by atoms with Crippen molar-refractivity contribution in [3.05, 3.63) is 98.7 Å². The van der Waals surface area contributed by atoms with Gasteiger partial charge in [-0.1, -0.05) is 64.9 Å². The first kappa shape index (κ1) is 29.7. The number of nitrogens with zero attached hydrogens (tertiary/aromatic N) is 3. The molecule has 1 aliphatic rings. The zero-order valence-corrected chi connectivity index (χ0v) is 26.7. The number of allylic oxidation sites excluding steroid dienone is 1. The van der Waals surface area contributed by atoms with Gasteiger partial charge in [-0.2, -0.15) is 4.98 Å². The molecule has 42 heavy (non-hydrogen) atoms. The summed E-state index contributed by atoms with van der Waals surface area (Å²) in [4.78, 5) is 18.7. The molecule has 5 rings (SSSR count). The summed E-state index contributed by atoms with van der Waals surface area (Å²) in [5.74, 6) is 2.44. The van der Waals surface area contributed by atoms with E-state index in [1.165, 1.54) is 0 Å². The number of ether oxygens (including phenoxy) is 2. The van der Waals surface area contributed by atoms with Crippen LogP contribution in [0.15, 0.2) is 81.6 Å². The highest BCUT2D eigenvalue weighted by Gasteiger charge is 2.35. The molecule has 0 saturated heterocycles. The van der Waals surface area contributed by atoms with Crippen molar-refractivity contribution in [3.8, 4) is 11.5 Å². The maximum Gasteiger partial charge on any atom is 0.255 e. The molecule has 0 spiro atoms. The van der Waals surface area contributed by atoms with Crippen molar-refractivity contribution in [1.29, 1.82) is 0 Å². The number of nitrogens with one attached hydrogen (secondary N) is 2. The second kappa shape index (κ2) is 13.0. The number of anilines is 2. The molecule has 0 saturated carbocycles. The SMILES string of the molecule is CCOc1cc(C2C(C(=O)Nc3cccc(C)c3C)=C(C)Nc3nc(SCC)nn32)ccc1OCc1ccc(Br)cc1. The van der Waals surface area contributed by atoms with Crippen LogP contribution < -0.4 is 20.1 Å². The Hall–Kier alpha value is -3.76. The van der Waals surface area contributed by atoms with E-state index in [1.807, 2.05) is 88.4 Å². The molecule has 0 bridgehead atoms. The minimum Gasteiger partial charge on any atom is -0.490 e. The van der Waals surface area contributed by atoms with Crippen LogP contribution in [0, 0.1) is 13.8 Å². The van der Waals surface area contributed by atoms with E-state index in [4.69, 9.17) is 19.6 Å². The molecule has 1 atom stereocenters. The summed E-state index contributed by atoms with van der Waals surface area (Å²) < 4.78 is 15.0. The topological polar surface area (TPSA) is 90.3 Å². The zero-order valence-electron chi connectivity index (χ0n) is 24.3. The molecule has 3 aromatic carbocycles. The lowest BCUT2D eigenvalue weighted by Gasteiger charge is -2.29. The van der Waals surface area contributed by atoms with Crippen molar-refractivity contribution >= 4 is 45.2 Å². The Morgan fingerprint density at radius 2 is 1.83 bits per heavy atom. The number of benzene rings is 3. The predicted molar refractivity (Wildman–Crippen MR) is 172 cm³/mol. The molecule has 1 aromatic heterocycles. The maximum atomic E-state index is 14.0.